The topological polar surface area (TPSA) is 43.8 Å². The number of anilines is 1. The summed E-state index contributed by atoms with van der Waals surface area (Å²) in [4.78, 5) is 0. The summed E-state index contributed by atoms with van der Waals surface area (Å²) in [6.07, 6.45) is 0. The maximum absolute atomic E-state index is 13.9. The first-order valence-corrected chi connectivity index (χ1v) is 6.50. The van der Waals surface area contributed by atoms with Gasteiger partial charge >= 0.3 is 0 Å². The number of aromatic nitrogens is 2. The van der Waals surface area contributed by atoms with Crippen molar-refractivity contribution in [2.24, 2.45) is 0 Å². The lowest BCUT2D eigenvalue weighted by Crippen LogP contribution is -2.01. The Morgan fingerprint density at radius 3 is 2.43 bits per heavy atom. The Balaban J connectivity index is 2.12. The standard InChI is InChI=1S/C15H10ClF2N3/c16-11-7-12(17)10(6-13(11)18)14-8-15(19)21(20-14)9-4-2-1-3-5-9/h1-8H,19H2. The number of nitrogens with two attached hydrogens (primary N) is 1. The lowest BCUT2D eigenvalue weighted by atomic mass is 10.1. The van der Waals surface area contributed by atoms with E-state index in [2.05, 4.69) is 5.10 Å². The molecule has 1 heterocycles. The second kappa shape index (κ2) is 5.18. The van der Waals surface area contributed by atoms with Crippen molar-refractivity contribution in [3.8, 4) is 16.9 Å². The predicted octanol–water partition coefficient (Wildman–Crippen LogP) is 4.05. The molecule has 0 bridgehead atoms. The Labute approximate surface area is 124 Å². The average Bonchev–Trinajstić information content (AvgIpc) is 2.85. The molecule has 0 spiro atoms. The van der Waals surface area contributed by atoms with Crippen LogP contribution in [0.15, 0.2) is 48.5 Å². The van der Waals surface area contributed by atoms with Gasteiger partial charge in [0.15, 0.2) is 0 Å². The quantitative estimate of drug-likeness (QED) is 0.726. The van der Waals surface area contributed by atoms with Gasteiger partial charge in [-0.25, -0.2) is 13.5 Å². The van der Waals surface area contributed by atoms with Crippen molar-refractivity contribution in [1.29, 1.82) is 0 Å². The second-order valence-electron chi connectivity index (χ2n) is 4.45. The summed E-state index contributed by atoms with van der Waals surface area (Å²) in [6, 6.07) is 12.6. The summed E-state index contributed by atoms with van der Waals surface area (Å²) in [5.41, 5.74) is 6.87. The minimum Gasteiger partial charge on any atom is -0.384 e. The lowest BCUT2D eigenvalue weighted by Gasteiger charge is -2.03. The molecule has 2 aromatic carbocycles. The average molecular weight is 306 g/mol. The van der Waals surface area contributed by atoms with Gasteiger partial charge in [-0.2, -0.15) is 5.10 Å². The summed E-state index contributed by atoms with van der Waals surface area (Å²) in [5.74, 6) is -1.04. The van der Waals surface area contributed by atoms with Crippen LogP contribution in [-0.2, 0) is 0 Å². The van der Waals surface area contributed by atoms with E-state index in [0.717, 1.165) is 17.8 Å². The van der Waals surface area contributed by atoms with Crippen LogP contribution in [0.5, 0.6) is 0 Å². The predicted molar refractivity (Wildman–Crippen MR) is 78.3 cm³/mol. The molecule has 3 aromatic rings. The van der Waals surface area contributed by atoms with Crippen LogP contribution < -0.4 is 5.73 Å². The molecule has 3 rings (SSSR count). The van der Waals surface area contributed by atoms with E-state index in [-0.39, 0.29) is 16.3 Å². The molecule has 2 N–H and O–H groups in total. The molecule has 21 heavy (non-hydrogen) atoms. The molecular formula is C15H10ClF2N3. The first-order chi connectivity index (χ1) is 10.1. The monoisotopic (exact) mass is 305 g/mol. The van der Waals surface area contributed by atoms with Crippen LogP contribution in [0.2, 0.25) is 5.02 Å². The van der Waals surface area contributed by atoms with Gasteiger partial charge in [-0.15, -0.1) is 0 Å². The fourth-order valence-electron chi connectivity index (χ4n) is 2.02. The highest BCUT2D eigenvalue weighted by Crippen LogP contribution is 2.29. The molecule has 106 valence electrons. The van der Waals surface area contributed by atoms with Gasteiger partial charge in [-0.1, -0.05) is 29.8 Å². The van der Waals surface area contributed by atoms with Crippen molar-refractivity contribution >= 4 is 17.4 Å². The van der Waals surface area contributed by atoms with E-state index < -0.39 is 11.6 Å². The van der Waals surface area contributed by atoms with Crippen molar-refractivity contribution in [1.82, 2.24) is 9.78 Å². The van der Waals surface area contributed by atoms with Crippen LogP contribution in [-0.4, -0.2) is 9.78 Å². The lowest BCUT2D eigenvalue weighted by molar-refractivity contribution is 0.603. The number of nitrogen functional groups attached to an aromatic ring is 1. The van der Waals surface area contributed by atoms with Crippen LogP contribution in [0, 0.1) is 11.6 Å². The van der Waals surface area contributed by atoms with Gasteiger partial charge in [-0.05, 0) is 24.3 Å². The van der Waals surface area contributed by atoms with Crippen molar-refractivity contribution < 1.29 is 8.78 Å². The van der Waals surface area contributed by atoms with Gasteiger partial charge in [-0.3, -0.25) is 0 Å². The molecule has 0 aliphatic heterocycles. The molecular weight excluding hydrogens is 296 g/mol. The van der Waals surface area contributed by atoms with E-state index in [4.69, 9.17) is 17.3 Å². The van der Waals surface area contributed by atoms with Gasteiger partial charge in [0, 0.05) is 11.6 Å². The molecule has 0 radical (unpaired) electrons. The molecule has 0 aliphatic rings. The second-order valence-corrected chi connectivity index (χ2v) is 4.86. The Hall–Kier alpha value is -2.40. The van der Waals surface area contributed by atoms with Crippen molar-refractivity contribution in [2.45, 2.75) is 0 Å². The molecule has 1 aromatic heterocycles. The molecule has 0 saturated carbocycles. The van der Waals surface area contributed by atoms with Crippen molar-refractivity contribution in [3.05, 3.63) is 65.2 Å². The summed E-state index contributed by atoms with van der Waals surface area (Å²) >= 11 is 5.54. The largest absolute Gasteiger partial charge is 0.384 e. The maximum atomic E-state index is 13.9. The third kappa shape index (κ3) is 2.48. The highest BCUT2D eigenvalue weighted by atomic mass is 35.5. The van der Waals surface area contributed by atoms with Crippen LogP contribution >= 0.6 is 11.6 Å². The van der Waals surface area contributed by atoms with Crippen LogP contribution in [0.4, 0.5) is 14.6 Å². The fourth-order valence-corrected chi connectivity index (χ4v) is 2.17. The zero-order valence-electron chi connectivity index (χ0n) is 10.7. The van der Waals surface area contributed by atoms with E-state index in [1.807, 2.05) is 30.3 Å². The molecule has 0 unspecified atom stereocenters. The number of para-hydroxylation sites is 1. The molecule has 6 heteroatoms. The molecule has 0 saturated heterocycles. The number of rotatable bonds is 2. The zero-order valence-corrected chi connectivity index (χ0v) is 11.5. The summed E-state index contributed by atoms with van der Waals surface area (Å²) in [5, 5.41) is 3.95. The highest BCUT2D eigenvalue weighted by Gasteiger charge is 2.15. The van der Waals surface area contributed by atoms with Gasteiger partial charge in [0.1, 0.15) is 17.5 Å². The molecule has 0 atom stereocenters. The Morgan fingerprint density at radius 1 is 1.00 bits per heavy atom. The Kier molecular flexibility index (Phi) is 3.35. The minimum atomic E-state index is -0.708. The number of hydrogen-bond donors (Lipinski definition) is 1. The SMILES string of the molecule is Nc1cc(-c2cc(F)c(Cl)cc2F)nn1-c1ccccc1. The number of nitrogens with zero attached hydrogens (tertiary/aromatic N) is 2. The third-order valence-corrected chi connectivity index (χ3v) is 3.31. The molecule has 0 amide bonds. The van der Waals surface area contributed by atoms with E-state index >= 15 is 0 Å². The maximum Gasteiger partial charge on any atom is 0.142 e. The first-order valence-electron chi connectivity index (χ1n) is 6.12. The number of halogens is 3. The van der Waals surface area contributed by atoms with Gasteiger partial charge < -0.3 is 5.73 Å². The van der Waals surface area contributed by atoms with E-state index in [1.54, 1.807) is 0 Å². The van der Waals surface area contributed by atoms with Crippen molar-refractivity contribution in [2.75, 3.05) is 5.73 Å². The van der Waals surface area contributed by atoms with Crippen LogP contribution in [0.3, 0.4) is 0 Å². The number of hydrogen-bond acceptors (Lipinski definition) is 2. The van der Waals surface area contributed by atoms with Crippen LogP contribution in [0.1, 0.15) is 0 Å². The number of benzene rings is 2. The van der Waals surface area contributed by atoms with E-state index in [0.29, 0.717) is 5.82 Å². The molecule has 3 nitrogen and oxygen atoms in total. The van der Waals surface area contributed by atoms with Crippen molar-refractivity contribution in [3.63, 3.8) is 0 Å². The summed E-state index contributed by atoms with van der Waals surface area (Å²) in [7, 11) is 0. The minimum absolute atomic E-state index is 0.0123. The zero-order chi connectivity index (χ0) is 15.0. The molecule has 0 aliphatic carbocycles. The smallest absolute Gasteiger partial charge is 0.142 e. The van der Waals surface area contributed by atoms with Gasteiger partial charge in [0.2, 0.25) is 0 Å². The fraction of sp³-hybridized carbons (Fsp3) is 0. The Bertz CT molecular complexity index is 800. The Morgan fingerprint density at radius 2 is 1.71 bits per heavy atom. The first kappa shape index (κ1) is 13.6. The van der Waals surface area contributed by atoms with Gasteiger partial charge in [0.25, 0.3) is 0 Å². The van der Waals surface area contributed by atoms with Gasteiger partial charge in [0.05, 0.1) is 16.4 Å². The van der Waals surface area contributed by atoms with Crippen LogP contribution in [0.25, 0.3) is 16.9 Å². The summed E-state index contributed by atoms with van der Waals surface area (Å²) in [6.45, 7) is 0. The van der Waals surface area contributed by atoms with E-state index in [1.165, 1.54) is 10.7 Å². The normalized spacial score (nSPS) is 10.8. The molecule has 0 fully saturated rings. The summed E-state index contributed by atoms with van der Waals surface area (Å²) < 4.78 is 28.9. The van der Waals surface area contributed by atoms with E-state index in [9.17, 15) is 8.78 Å². The highest BCUT2D eigenvalue weighted by molar-refractivity contribution is 6.30. The third-order valence-electron chi connectivity index (χ3n) is 3.02.